The molecule has 2 saturated carbocycles. The molecule has 6 heterocycles. The van der Waals surface area contributed by atoms with Gasteiger partial charge in [-0.3, -0.25) is 10.00 Å². The topological polar surface area (TPSA) is 151 Å². The molecule has 3 N–H and O–H groups in total. The van der Waals surface area contributed by atoms with Crippen LogP contribution in [0.5, 0.6) is 11.9 Å². The van der Waals surface area contributed by atoms with Crippen LogP contribution in [0.25, 0.3) is 33.1 Å². The van der Waals surface area contributed by atoms with Crippen LogP contribution in [0.2, 0.25) is 5.02 Å². The Kier molecular flexibility index (Phi) is 8.77. The van der Waals surface area contributed by atoms with Crippen molar-refractivity contribution in [2.24, 2.45) is 16.7 Å². The van der Waals surface area contributed by atoms with Gasteiger partial charge in [-0.05, 0) is 82.4 Å². The SMILES string of the molecule is COc1nc(-c2c(Cl)c(C)cc3[nH]ncc23)c(F)c2nc(OCC34CCCC3N(C3CC5(COC5)C3)CCC4)nc(N3CCCC(CNC(=O)O)C3)c12. The lowest BCUT2D eigenvalue weighted by Gasteiger charge is -2.60. The number of rotatable bonds is 9. The molecule has 1 aromatic carbocycles. The number of pyridine rings is 1. The number of methoxy groups -OCH3 is 1. The summed E-state index contributed by atoms with van der Waals surface area (Å²) in [5.74, 6) is -0.0198. The first-order chi connectivity index (χ1) is 25.7. The van der Waals surface area contributed by atoms with E-state index in [1.165, 1.54) is 20.0 Å². The molecule has 3 aliphatic heterocycles. The average molecular weight is 749 g/mol. The normalized spacial score (nSPS) is 25.7. The van der Waals surface area contributed by atoms with Crippen LogP contribution in [-0.2, 0) is 4.74 Å². The summed E-state index contributed by atoms with van der Waals surface area (Å²) in [5.41, 5.74) is 2.24. The standard InChI is InChI=1S/C38H46ClFN8O5/c1-21-12-25-24(16-42-46-25)27(29(21)39)31-30(40)32-28(34(43-31)51-2)33(47-10-4-6-22(17-47)15-41-36(49)50)45-35(44-32)53-20-38-8-3-7-26(38)48(11-5-9-38)23-13-37(14-23)18-52-19-37/h12,16,22-23,26,41H,3-11,13-15,17-20H2,1-2H3,(H,42,46)(H,49,50). The third-order valence-electron chi connectivity index (χ3n) is 12.8. The first-order valence-electron chi connectivity index (χ1n) is 18.9. The second-order valence-corrected chi connectivity index (χ2v) is 16.5. The summed E-state index contributed by atoms with van der Waals surface area (Å²) in [5, 5.41) is 20.3. The molecule has 282 valence electrons. The molecule has 0 bridgehead atoms. The third kappa shape index (κ3) is 5.92. The number of nitrogens with one attached hydrogen (secondary N) is 2. The fraction of sp³-hybridized carbons (Fsp3) is 0.605. The highest BCUT2D eigenvalue weighted by Crippen LogP contribution is 2.55. The Morgan fingerprint density at radius 2 is 2.00 bits per heavy atom. The maximum Gasteiger partial charge on any atom is 0.404 e. The number of aryl methyl sites for hydroxylation is 1. The Hall–Kier alpha value is -4.01. The van der Waals surface area contributed by atoms with Crippen LogP contribution in [0.1, 0.15) is 63.4 Å². The van der Waals surface area contributed by atoms with E-state index < -0.39 is 11.9 Å². The van der Waals surface area contributed by atoms with Gasteiger partial charge in [-0.1, -0.05) is 18.0 Å². The number of halogens is 2. The zero-order chi connectivity index (χ0) is 36.5. The summed E-state index contributed by atoms with van der Waals surface area (Å²) in [6.45, 7) is 6.65. The van der Waals surface area contributed by atoms with Crippen molar-refractivity contribution in [3.8, 4) is 23.1 Å². The highest BCUT2D eigenvalue weighted by Gasteiger charge is 2.56. The highest BCUT2D eigenvalue weighted by atomic mass is 35.5. The van der Waals surface area contributed by atoms with Crippen LogP contribution in [-0.4, -0.2) is 106 Å². The third-order valence-corrected chi connectivity index (χ3v) is 13.3. The van der Waals surface area contributed by atoms with Gasteiger partial charge in [-0.2, -0.15) is 15.1 Å². The Morgan fingerprint density at radius 3 is 2.77 bits per heavy atom. The number of H-pyrrole nitrogens is 1. The predicted octanol–water partition coefficient (Wildman–Crippen LogP) is 6.35. The zero-order valence-electron chi connectivity index (χ0n) is 30.2. The van der Waals surface area contributed by atoms with Gasteiger partial charge in [-0.15, -0.1) is 0 Å². The number of carbonyl (C=O) groups is 1. The van der Waals surface area contributed by atoms with E-state index in [-0.39, 0.29) is 34.4 Å². The molecule has 3 aromatic heterocycles. The van der Waals surface area contributed by atoms with Gasteiger partial charge in [-0.25, -0.2) is 14.2 Å². The molecule has 5 fully saturated rings. The van der Waals surface area contributed by atoms with E-state index in [4.69, 9.17) is 40.8 Å². The van der Waals surface area contributed by atoms with Gasteiger partial charge >= 0.3 is 12.1 Å². The van der Waals surface area contributed by atoms with Crippen LogP contribution >= 0.6 is 11.6 Å². The summed E-state index contributed by atoms with van der Waals surface area (Å²) in [6.07, 6.45) is 10.2. The van der Waals surface area contributed by atoms with E-state index in [1.54, 1.807) is 6.20 Å². The number of fused-ring (bicyclic) bond motifs is 3. The van der Waals surface area contributed by atoms with Crippen LogP contribution in [0.4, 0.5) is 15.0 Å². The van der Waals surface area contributed by atoms with Gasteiger partial charge in [0.1, 0.15) is 22.4 Å². The molecule has 0 radical (unpaired) electrons. The number of benzene rings is 1. The Bertz CT molecular complexity index is 2070. The predicted molar refractivity (Wildman–Crippen MR) is 197 cm³/mol. The number of hydrogen-bond acceptors (Lipinski definition) is 10. The number of aromatic amines is 1. The monoisotopic (exact) mass is 748 g/mol. The minimum absolute atomic E-state index is 0.000246. The number of carboxylic acid groups (broad SMARTS) is 1. The maximum absolute atomic E-state index is 17.3. The van der Waals surface area contributed by atoms with Crippen molar-refractivity contribution in [1.29, 1.82) is 0 Å². The Morgan fingerprint density at radius 1 is 1.17 bits per heavy atom. The van der Waals surface area contributed by atoms with E-state index in [0.717, 1.165) is 70.3 Å². The van der Waals surface area contributed by atoms with Gasteiger partial charge in [0.15, 0.2) is 5.82 Å². The van der Waals surface area contributed by atoms with Crippen LogP contribution in [0.15, 0.2) is 12.3 Å². The minimum atomic E-state index is -1.06. The Labute approximate surface area is 311 Å². The summed E-state index contributed by atoms with van der Waals surface area (Å²) < 4.78 is 35.4. The molecule has 2 aliphatic carbocycles. The fourth-order valence-electron chi connectivity index (χ4n) is 10.2. The van der Waals surface area contributed by atoms with Gasteiger partial charge in [0.25, 0.3) is 0 Å². The number of likely N-dealkylation sites (tertiary alicyclic amines) is 1. The van der Waals surface area contributed by atoms with Gasteiger partial charge in [0.2, 0.25) is 5.88 Å². The van der Waals surface area contributed by atoms with Gasteiger partial charge in [0, 0.05) is 53.5 Å². The van der Waals surface area contributed by atoms with Crippen molar-refractivity contribution in [3.05, 3.63) is 28.7 Å². The van der Waals surface area contributed by atoms with Crippen LogP contribution in [0.3, 0.4) is 0 Å². The molecule has 53 heavy (non-hydrogen) atoms. The second-order valence-electron chi connectivity index (χ2n) is 16.1. The molecule has 1 amide bonds. The number of hydrogen-bond donors (Lipinski definition) is 3. The molecule has 5 aliphatic rings. The molecule has 3 saturated heterocycles. The lowest BCUT2D eigenvalue weighted by molar-refractivity contribution is -0.196. The lowest BCUT2D eigenvalue weighted by Crippen LogP contribution is -2.64. The van der Waals surface area contributed by atoms with E-state index in [9.17, 15) is 9.90 Å². The number of piperidine rings is 2. The van der Waals surface area contributed by atoms with Gasteiger partial charge < -0.3 is 29.5 Å². The fourth-order valence-corrected chi connectivity index (χ4v) is 10.4. The van der Waals surface area contributed by atoms with Crippen molar-refractivity contribution in [2.75, 3.05) is 58.0 Å². The van der Waals surface area contributed by atoms with Crippen molar-refractivity contribution in [1.82, 2.24) is 35.4 Å². The highest BCUT2D eigenvalue weighted by molar-refractivity contribution is 6.35. The minimum Gasteiger partial charge on any atom is -0.480 e. The smallest absolute Gasteiger partial charge is 0.404 e. The second kappa shape index (κ2) is 13.4. The summed E-state index contributed by atoms with van der Waals surface area (Å²) in [7, 11) is 1.49. The van der Waals surface area contributed by atoms with Crippen molar-refractivity contribution < 1.29 is 28.5 Å². The molecule has 3 unspecified atom stereocenters. The van der Waals surface area contributed by atoms with E-state index in [0.29, 0.717) is 76.4 Å². The average Bonchev–Trinajstić information content (AvgIpc) is 3.77. The molecule has 15 heteroatoms. The van der Waals surface area contributed by atoms with E-state index in [2.05, 4.69) is 25.3 Å². The number of aromatic nitrogens is 5. The molecular formula is C38H46ClFN8O5. The molecule has 3 atom stereocenters. The van der Waals surface area contributed by atoms with Crippen molar-refractivity contribution >= 4 is 45.3 Å². The van der Waals surface area contributed by atoms with Gasteiger partial charge in [0.05, 0.1) is 43.7 Å². The van der Waals surface area contributed by atoms with Crippen molar-refractivity contribution in [3.63, 3.8) is 0 Å². The molecular weight excluding hydrogens is 703 g/mol. The van der Waals surface area contributed by atoms with Crippen LogP contribution in [0, 0.1) is 29.5 Å². The zero-order valence-corrected chi connectivity index (χ0v) is 31.0. The molecule has 1 spiro atoms. The number of amides is 1. The number of anilines is 1. The molecule has 4 aromatic rings. The molecule has 9 rings (SSSR count). The van der Waals surface area contributed by atoms with Crippen LogP contribution < -0.4 is 19.7 Å². The maximum atomic E-state index is 17.3. The molecule has 13 nitrogen and oxygen atoms in total. The number of ether oxygens (including phenoxy) is 3. The number of nitrogens with zero attached hydrogens (tertiary/aromatic N) is 6. The summed E-state index contributed by atoms with van der Waals surface area (Å²) in [6, 6.07) is 3.00. The van der Waals surface area contributed by atoms with E-state index in [1.807, 2.05) is 13.0 Å². The van der Waals surface area contributed by atoms with E-state index >= 15 is 4.39 Å². The summed E-state index contributed by atoms with van der Waals surface area (Å²) in [4.78, 5) is 30.7. The quantitative estimate of drug-likeness (QED) is 0.176. The first-order valence-corrected chi connectivity index (χ1v) is 19.3. The van der Waals surface area contributed by atoms with Crippen molar-refractivity contribution in [2.45, 2.75) is 76.8 Å². The lowest BCUT2D eigenvalue weighted by atomic mass is 9.62. The largest absolute Gasteiger partial charge is 0.480 e. The Balaban J connectivity index is 1.11. The first kappa shape index (κ1) is 34.7. The summed E-state index contributed by atoms with van der Waals surface area (Å²) >= 11 is 6.88.